The number of aromatic nitrogens is 2. The Kier molecular flexibility index (Phi) is 5.19. The minimum Gasteiger partial charge on any atom is -0.310 e. The first-order chi connectivity index (χ1) is 7.15. The molecule has 3 nitrogen and oxygen atoms in total. The van der Waals surface area contributed by atoms with Crippen LogP contribution in [0.3, 0.4) is 0 Å². The monoisotopic (exact) mass is 227 g/mol. The average molecular weight is 227 g/mol. The van der Waals surface area contributed by atoms with E-state index >= 15 is 0 Å². The topological polar surface area (TPSA) is 37.8 Å². The Morgan fingerprint density at radius 3 is 2.60 bits per heavy atom. The zero-order valence-electron chi connectivity index (χ0n) is 10.1. The zero-order chi connectivity index (χ0) is 11.3. The van der Waals surface area contributed by atoms with Gasteiger partial charge in [-0.15, -0.1) is 10.2 Å². The molecule has 0 bridgehead atoms. The zero-order valence-corrected chi connectivity index (χ0v) is 10.9. The lowest BCUT2D eigenvalue weighted by molar-refractivity contribution is 0.529. The molecule has 1 heterocycles. The summed E-state index contributed by atoms with van der Waals surface area (Å²) < 4.78 is 0. The standard InChI is InChI=1S/C11H21N3S/c1-5-6-12-7-10-13-14-11(15-10)9(4)8(2)3/h8-9,12H,5-7H2,1-4H3. The number of hydrogen-bond donors (Lipinski definition) is 1. The maximum Gasteiger partial charge on any atom is 0.131 e. The molecule has 0 radical (unpaired) electrons. The van der Waals surface area contributed by atoms with Gasteiger partial charge in [-0.25, -0.2) is 0 Å². The van der Waals surface area contributed by atoms with Gasteiger partial charge in [0, 0.05) is 12.5 Å². The first-order valence-electron chi connectivity index (χ1n) is 5.68. The fourth-order valence-corrected chi connectivity index (χ4v) is 2.22. The highest BCUT2D eigenvalue weighted by atomic mass is 32.1. The Morgan fingerprint density at radius 1 is 1.27 bits per heavy atom. The summed E-state index contributed by atoms with van der Waals surface area (Å²) >= 11 is 1.74. The minimum atomic E-state index is 0.516. The van der Waals surface area contributed by atoms with Crippen LogP contribution < -0.4 is 5.32 Å². The van der Waals surface area contributed by atoms with Gasteiger partial charge in [-0.3, -0.25) is 0 Å². The number of nitrogens with one attached hydrogen (secondary N) is 1. The van der Waals surface area contributed by atoms with E-state index in [-0.39, 0.29) is 0 Å². The van der Waals surface area contributed by atoms with Gasteiger partial charge in [0.05, 0.1) is 0 Å². The van der Waals surface area contributed by atoms with Gasteiger partial charge in [-0.05, 0) is 18.9 Å². The van der Waals surface area contributed by atoms with Crippen LogP contribution in [-0.2, 0) is 6.54 Å². The molecule has 1 aromatic heterocycles. The lowest BCUT2D eigenvalue weighted by Crippen LogP contribution is -2.13. The molecule has 0 saturated carbocycles. The van der Waals surface area contributed by atoms with Gasteiger partial charge in [0.15, 0.2) is 0 Å². The Morgan fingerprint density at radius 2 is 2.00 bits per heavy atom. The molecule has 1 unspecified atom stereocenters. The summed E-state index contributed by atoms with van der Waals surface area (Å²) in [5.74, 6) is 1.15. The molecule has 0 aliphatic rings. The fourth-order valence-electron chi connectivity index (χ4n) is 1.18. The van der Waals surface area contributed by atoms with Crippen LogP contribution in [0.2, 0.25) is 0 Å². The third-order valence-electron chi connectivity index (χ3n) is 2.58. The van der Waals surface area contributed by atoms with Crippen LogP contribution in [0.25, 0.3) is 0 Å². The van der Waals surface area contributed by atoms with E-state index in [2.05, 4.69) is 43.2 Å². The molecule has 86 valence electrons. The normalized spacial score (nSPS) is 13.4. The minimum absolute atomic E-state index is 0.516. The summed E-state index contributed by atoms with van der Waals surface area (Å²) in [5.41, 5.74) is 0. The molecule has 4 heteroatoms. The van der Waals surface area contributed by atoms with Crippen LogP contribution >= 0.6 is 11.3 Å². The van der Waals surface area contributed by atoms with Crippen LogP contribution in [-0.4, -0.2) is 16.7 Å². The van der Waals surface area contributed by atoms with Crippen LogP contribution in [0.15, 0.2) is 0 Å². The summed E-state index contributed by atoms with van der Waals surface area (Å²) in [6.45, 7) is 10.7. The van der Waals surface area contributed by atoms with Crippen molar-refractivity contribution in [3.63, 3.8) is 0 Å². The Hall–Kier alpha value is -0.480. The highest BCUT2D eigenvalue weighted by Crippen LogP contribution is 2.26. The lowest BCUT2D eigenvalue weighted by atomic mass is 9.99. The molecule has 0 aliphatic carbocycles. The Labute approximate surface area is 96.3 Å². The highest BCUT2D eigenvalue weighted by molar-refractivity contribution is 7.11. The largest absolute Gasteiger partial charge is 0.310 e. The van der Waals surface area contributed by atoms with Gasteiger partial charge in [0.25, 0.3) is 0 Å². The Bertz CT molecular complexity index is 283. The summed E-state index contributed by atoms with van der Waals surface area (Å²) in [4.78, 5) is 0. The number of nitrogens with zero attached hydrogens (tertiary/aromatic N) is 2. The summed E-state index contributed by atoms with van der Waals surface area (Å²) in [6, 6.07) is 0. The van der Waals surface area contributed by atoms with Gasteiger partial charge in [-0.1, -0.05) is 39.0 Å². The molecule has 15 heavy (non-hydrogen) atoms. The Balaban J connectivity index is 2.48. The van der Waals surface area contributed by atoms with Crippen molar-refractivity contribution in [2.45, 2.75) is 46.6 Å². The van der Waals surface area contributed by atoms with E-state index in [4.69, 9.17) is 0 Å². The second kappa shape index (κ2) is 6.18. The predicted octanol–water partition coefficient (Wildman–Crippen LogP) is 2.80. The van der Waals surface area contributed by atoms with Crippen molar-refractivity contribution in [1.82, 2.24) is 15.5 Å². The van der Waals surface area contributed by atoms with Gasteiger partial charge < -0.3 is 5.32 Å². The van der Waals surface area contributed by atoms with Crippen molar-refractivity contribution < 1.29 is 0 Å². The van der Waals surface area contributed by atoms with Crippen molar-refractivity contribution in [2.24, 2.45) is 5.92 Å². The third-order valence-corrected chi connectivity index (χ3v) is 3.70. The number of hydrogen-bond acceptors (Lipinski definition) is 4. The van der Waals surface area contributed by atoms with Crippen LogP contribution in [0, 0.1) is 5.92 Å². The summed E-state index contributed by atoms with van der Waals surface area (Å²) in [6.07, 6.45) is 1.16. The van der Waals surface area contributed by atoms with Gasteiger partial charge >= 0.3 is 0 Å². The van der Waals surface area contributed by atoms with Crippen LogP contribution in [0.4, 0.5) is 0 Å². The smallest absolute Gasteiger partial charge is 0.131 e. The number of rotatable bonds is 6. The average Bonchev–Trinajstić information content (AvgIpc) is 2.65. The fraction of sp³-hybridized carbons (Fsp3) is 0.818. The van der Waals surface area contributed by atoms with E-state index in [0.29, 0.717) is 11.8 Å². The maximum atomic E-state index is 4.24. The molecule has 1 aromatic rings. The second-order valence-corrected chi connectivity index (χ2v) is 5.34. The van der Waals surface area contributed by atoms with Gasteiger partial charge in [0.2, 0.25) is 0 Å². The van der Waals surface area contributed by atoms with Crippen LogP contribution in [0.5, 0.6) is 0 Å². The van der Waals surface area contributed by atoms with Crippen molar-refractivity contribution in [3.8, 4) is 0 Å². The van der Waals surface area contributed by atoms with E-state index < -0.39 is 0 Å². The van der Waals surface area contributed by atoms with Crippen molar-refractivity contribution in [2.75, 3.05) is 6.54 Å². The molecule has 0 aliphatic heterocycles. The van der Waals surface area contributed by atoms with Crippen molar-refractivity contribution in [1.29, 1.82) is 0 Å². The quantitative estimate of drug-likeness (QED) is 0.759. The lowest BCUT2D eigenvalue weighted by Gasteiger charge is -2.10. The van der Waals surface area contributed by atoms with Crippen molar-refractivity contribution >= 4 is 11.3 Å². The molecule has 0 amide bonds. The van der Waals surface area contributed by atoms with E-state index in [1.807, 2.05) is 0 Å². The molecular formula is C11H21N3S. The van der Waals surface area contributed by atoms with E-state index in [1.54, 1.807) is 11.3 Å². The third kappa shape index (κ3) is 3.87. The molecular weight excluding hydrogens is 206 g/mol. The molecule has 1 atom stereocenters. The summed E-state index contributed by atoms with van der Waals surface area (Å²) in [5, 5.41) is 14.1. The first kappa shape index (κ1) is 12.6. The molecule has 0 fully saturated rings. The molecule has 0 aromatic carbocycles. The van der Waals surface area contributed by atoms with E-state index in [1.165, 1.54) is 5.01 Å². The SMILES string of the molecule is CCCNCc1nnc(C(C)C(C)C)s1. The van der Waals surface area contributed by atoms with Crippen molar-refractivity contribution in [3.05, 3.63) is 10.0 Å². The molecule has 1 rings (SSSR count). The first-order valence-corrected chi connectivity index (χ1v) is 6.49. The second-order valence-electron chi connectivity index (χ2n) is 4.24. The maximum absolute atomic E-state index is 4.24. The molecule has 1 N–H and O–H groups in total. The van der Waals surface area contributed by atoms with Gasteiger partial charge in [0.1, 0.15) is 10.0 Å². The predicted molar refractivity (Wildman–Crippen MR) is 65.2 cm³/mol. The molecule has 0 spiro atoms. The van der Waals surface area contributed by atoms with E-state index in [0.717, 1.165) is 24.5 Å². The summed E-state index contributed by atoms with van der Waals surface area (Å²) in [7, 11) is 0. The van der Waals surface area contributed by atoms with E-state index in [9.17, 15) is 0 Å². The van der Waals surface area contributed by atoms with Crippen LogP contribution in [0.1, 0.15) is 50.0 Å². The molecule has 0 saturated heterocycles. The van der Waals surface area contributed by atoms with Gasteiger partial charge in [-0.2, -0.15) is 0 Å². The highest BCUT2D eigenvalue weighted by Gasteiger charge is 2.14.